The topological polar surface area (TPSA) is 97.3 Å². The Kier molecular flexibility index (Phi) is 6.76. The van der Waals surface area contributed by atoms with E-state index in [0.717, 1.165) is 0 Å². The Morgan fingerprint density at radius 2 is 1.95 bits per heavy atom. The van der Waals surface area contributed by atoms with Gasteiger partial charge in [0.15, 0.2) is 6.29 Å². The minimum atomic E-state index is -1.06. The summed E-state index contributed by atoms with van der Waals surface area (Å²) in [6.07, 6.45) is -3.57. The van der Waals surface area contributed by atoms with Crippen LogP contribution < -0.4 is 5.32 Å². The Balaban J connectivity index is 2.99. The van der Waals surface area contributed by atoms with E-state index in [1.807, 2.05) is 34.6 Å². The number of aliphatic hydroxyl groups is 2. The van der Waals surface area contributed by atoms with Crippen LogP contribution in [-0.2, 0) is 19.0 Å². The zero-order chi connectivity index (χ0) is 17.1. The summed E-state index contributed by atoms with van der Waals surface area (Å²) in [6.45, 7) is 10.2. The third kappa shape index (κ3) is 5.48. The first-order valence-electron chi connectivity index (χ1n) is 7.60. The summed E-state index contributed by atoms with van der Waals surface area (Å²) in [5.74, 6) is -0.304. The number of carbonyl (C=O) groups is 1. The van der Waals surface area contributed by atoms with Crippen molar-refractivity contribution in [1.29, 1.82) is 0 Å². The van der Waals surface area contributed by atoms with E-state index in [2.05, 4.69) is 5.32 Å². The van der Waals surface area contributed by atoms with Crippen molar-refractivity contribution in [2.75, 3.05) is 6.61 Å². The van der Waals surface area contributed by atoms with Crippen molar-refractivity contribution in [2.24, 2.45) is 0 Å². The molecule has 3 unspecified atom stereocenters. The Labute approximate surface area is 131 Å². The highest BCUT2D eigenvalue weighted by atomic mass is 16.7. The Hall–Kier alpha value is -0.730. The van der Waals surface area contributed by atoms with E-state index in [1.54, 1.807) is 0 Å². The van der Waals surface area contributed by atoms with Gasteiger partial charge in [-0.15, -0.1) is 0 Å². The minimum absolute atomic E-state index is 0.159. The number of nitrogens with one attached hydrogen (secondary N) is 1. The van der Waals surface area contributed by atoms with E-state index < -0.39 is 36.2 Å². The molecular weight excluding hydrogens is 290 g/mol. The van der Waals surface area contributed by atoms with Crippen molar-refractivity contribution < 1.29 is 29.2 Å². The van der Waals surface area contributed by atoms with E-state index in [4.69, 9.17) is 14.2 Å². The van der Waals surface area contributed by atoms with Gasteiger partial charge in [-0.05, 0) is 34.6 Å². The molecule has 0 aromatic carbocycles. The molecule has 0 spiro atoms. The molecule has 3 N–H and O–H groups in total. The van der Waals surface area contributed by atoms with Crippen molar-refractivity contribution in [3.63, 3.8) is 0 Å². The van der Waals surface area contributed by atoms with Gasteiger partial charge in [-0.1, -0.05) is 0 Å². The maximum Gasteiger partial charge on any atom is 0.217 e. The number of amides is 1. The van der Waals surface area contributed by atoms with Gasteiger partial charge in [0.2, 0.25) is 5.91 Å². The molecule has 0 aromatic heterocycles. The highest BCUT2D eigenvalue weighted by Crippen LogP contribution is 2.28. The summed E-state index contributed by atoms with van der Waals surface area (Å²) in [5, 5.41) is 22.8. The van der Waals surface area contributed by atoms with Crippen LogP contribution in [0.4, 0.5) is 0 Å². The van der Waals surface area contributed by atoms with Crippen LogP contribution in [0.25, 0.3) is 0 Å². The fourth-order valence-corrected chi connectivity index (χ4v) is 2.39. The maximum atomic E-state index is 11.4. The molecule has 1 saturated heterocycles. The average Bonchev–Trinajstić information content (AvgIpc) is 2.34. The van der Waals surface area contributed by atoms with E-state index in [9.17, 15) is 15.0 Å². The van der Waals surface area contributed by atoms with Crippen LogP contribution in [0.15, 0.2) is 0 Å². The Bertz CT molecular complexity index is 368. The van der Waals surface area contributed by atoms with Crippen molar-refractivity contribution >= 4 is 5.91 Å². The molecule has 0 aromatic rings. The van der Waals surface area contributed by atoms with Crippen molar-refractivity contribution in [2.45, 2.75) is 83.9 Å². The number of ether oxygens (including phenoxy) is 3. The molecule has 0 radical (unpaired) electrons. The molecule has 0 saturated carbocycles. The van der Waals surface area contributed by atoms with Gasteiger partial charge >= 0.3 is 0 Å². The first-order chi connectivity index (χ1) is 10.0. The molecule has 1 aliphatic rings. The van der Waals surface area contributed by atoms with Crippen molar-refractivity contribution in [3.8, 4) is 0 Å². The Morgan fingerprint density at radius 3 is 2.36 bits per heavy atom. The predicted molar refractivity (Wildman–Crippen MR) is 80.2 cm³/mol. The van der Waals surface area contributed by atoms with Crippen LogP contribution in [0.1, 0.15) is 41.5 Å². The lowest BCUT2D eigenvalue weighted by atomic mass is 9.95. The molecule has 22 heavy (non-hydrogen) atoms. The molecule has 7 nitrogen and oxygen atoms in total. The fraction of sp³-hybridized carbons (Fsp3) is 0.933. The first kappa shape index (κ1) is 19.3. The quantitative estimate of drug-likeness (QED) is 0.669. The molecule has 0 bridgehead atoms. The highest BCUT2D eigenvalue weighted by molar-refractivity contribution is 5.73. The number of aliphatic hydroxyl groups excluding tert-OH is 2. The molecule has 1 heterocycles. The standard InChI is InChI=1S/C15H29NO6/c1-8(2)20-14-11(16-9(3)18)12(19)13(10(7-17)21-14)22-15(4,5)6/h8,10-14,17,19H,7H2,1-6H3,(H,16,18)/t10?,11-,12?,13-,14?/m0/s1. The fourth-order valence-electron chi connectivity index (χ4n) is 2.39. The zero-order valence-electron chi connectivity index (χ0n) is 14.2. The number of rotatable bonds is 5. The lowest BCUT2D eigenvalue weighted by Gasteiger charge is -2.46. The van der Waals surface area contributed by atoms with E-state index in [0.29, 0.717) is 0 Å². The van der Waals surface area contributed by atoms with E-state index in [-0.39, 0.29) is 18.6 Å². The van der Waals surface area contributed by atoms with Crippen molar-refractivity contribution in [1.82, 2.24) is 5.32 Å². The molecular formula is C15H29NO6. The molecule has 130 valence electrons. The van der Waals surface area contributed by atoms with E-state index in [1.165, 1.54) is 6.92 Å². The van der Waals surface area contributed by atoms with Gasteiger partial charge < -0.3 is 29.7 Å². The predicted octanol–water partition coefficient (Wildman–Crippen LogP) is 0.178. The Morgan fingerprint density at radius 1 is 1.36 bits per heavy atom. The SMILES string of the molecule is CC(=O)N[C@@H]1C(OC(C)C)OC(CO)[C@H](OC(C)(C)C)C1O. The summed E-state index contributed by atoms with van der Waals surface area (Å²) in [6, 6.07) is -0.768. The second-order valence-electron chi connectivity index (χ2n) is 6.82. The molecule has 7 heteroatoms. The van der Waals surface area contributed by atoms with Crippen LogP contribution in [0.3, 0.4) is 0 Å². The third-order valence-electron chi connectivity index (χ3n) is 3.12. The van der Waals surface area contributed by atoms with Crippen LogP contribution in [-0.4, -0.2) is 65.1 Å². The minimum Gasteiger partial charge on any atom is -0.394 e. The molecule has 0 aliphatic carbocycles. The number of hydrogen-bond donors (Lipinski definition) is 3. The van der Waals surface area contributed by atoms with Gasteiger partial charge in [-0.25, -0.2) is 0 Å². The van der Waals surface area contributed by atoms with Crippen molar-refractivity contribution in [3.05, 3.63) is 0 Å². The van der Waals surface area contributed by atoms with Gasteiger partial charge in [0.25, 0.3) is 0 Å². The third-order valence-corrected chi connectivity index (χ3v) is 3.12. The first-order valence-corrected chi connectivity index (χ1v) is 7.60. The number of hydrogen-bond acceptors (Lipinski definition) is 6. The molecule has 1 aliphatic heterocycles. The molecule has 5 atom stereocenters. The summed E-state index contributed by atoms with van der Waals surface area (Å²) in [7, 11) is 0. The summed E-state index contributed by atoms with van der Waals surface area (Å²) in [4.78, 5) is 11.4. The maximum absolute atomic E-state index is 11.4. The summed E-state index contributed by atoms with van der Waals surface area (Å²) < 4.78 is 17.2. The lowest BCUT2D eigenvalue weighted by Crippen LogP contribution is -2.66. The summed E-state index contributed by atoms with van der Waals surface area (Å²) >= 11 is 0. The smallest absolute Gasteiger partial charge is 0.217 e. The van der Waals surface area contributed by atoms with Crippen LogP contribution in [0.5, 0.6) is 0 Å². The van der Waals surface area contributed by atoms with Crippen LogP contribution >= 0.6 is 0 Å². The molecule has 1 rings (SSSR count). The number of carbonyl (C=O) groups excluding carboxylic acids is 1. The second-order valence-corrected chi connectivity index (χ2v) is 6.82. The second kappa shape index (κ2) is 7.70. The average molecular weight is 319 g/mol. The van der Waals surface area contributed by atoms with E-state index >= 15 is 0 Å². The molecule has 1 fully saturated rings. The van der Waals surface area contributed by atoms with Gasteiger partial charge in [-0.2, -0.15) is 0 Å². The largest absolute Gasteiger partial charge is 0.394 e. The molecule has 1 amide bonds. The van der Waals surface area contributed by atoms with Crippen LogP contribution in [0.2, 0.25) is 0 Å². The zero-order valence-corrected chi connectivity index (χ0v) is 14.2. The van der Waals surface area contributed by atoms with Gasteiger partial charge in [0.05, 0.1) is 18.3 Å². The highest BCUT2D eigenvalue weighted by Gasteiger charge is 2.48. The van der Waals surface area contributed by atoms with Gasteiger partial charge in [-0.3, -0.25) is 4.79 Å². The summed E-state index contributed by atoms with van der Waals surface area (Å²) in [5.41, 5.74) is -0.533. The van der Waals surface area contributed by atoms with Crippen LogP contribution in [0, 0.1) is 0 Å². The monoisotopic (exact) mass is 319 g/mol. The normalized spacial score (nSPS) is 33.0. The van der Waals surface area contributed by atoms with Gasteiger partial charge in [0.1, 0.15) is 24.4 Å². The van der Waals surface area contributed by atoms with Gasteiger partial charge in [0, 0.05) is 6.92 Å². The lowest BCUT2D eigenvalue weighted by molar-refractivity contribution is -0.297.